The Morgan fingerprint density at radius 2 is 1.87 bits per heavy atom. The zero-order valence-corrected chi connectivity index (χ0v) is 18.7. The molecule has 0 spiro atoms. The molecular weight excluding hydrogens is 417 g/mol. The van der Waals surface area contributed by atoms with Gasteiger partial charge in [0.1, 0.15) is 18.2 Å². The molecule has 0 aliphatic carbocycles. The highest BCUT2D eigenvalue weighted by atomic mass is 31.2. The van der Waals surface area contributed by atoms with Crippen molar-refractivity contribution >= 4 is 24.6 Å². The molecule has 3 unspecified atom stereocenters. The van der Waals surface area contributed by atoms with Gasteiger partial charge in [0.25, 0.3) is 6.48 Å². The van der Waals surface area contributed by atoms with E-state index in [0.717, 1.165) is 0 Å². The number of rotatable bonds is 13. The number of aromatic nitrogens is 4. The molecule has 3 atom stereocenters. The molecule has 0 aromatic carbocycles. The fourth-order valence-corrected chi connectivity index (χ4v) is 3.94. The molecule has 3 N–H and O–H groups in total. The van der Waals surface area contributed by atoms with Gasteiger partial charge in [0.15, 0.2) is 18.3 Å². The van der Waals surface area contributed by atoms with E-state index in [1.807, 2.05) is 0 Å². The van der Waals surface area contributed by atoms with Gasteiger partial charge >= 0.3 is 7.60 Å². The van der Waals surface area contributed by atoms with Crippen LogP contribution in [0.4, 0.5) is 5.82 Å². The molecule has 0 aliphatic heterocycles. The summed E-state index contributed by atoms with van der Waals surface area (Å²) in [6.45, 7) is 7.11. The van der Waals surface area contributed by atoms with E-state index >= 15 is 0 Å². The Morgan fingerprint density at radius 1 is 1.13 bits per heavy atom. The first-order valence-corrected chi connectivity index (χ1v) is 11.2. The Bertz CT molecular complexity index is 847. The van der Waals surface area contributed by atoms with Crippen molar-refractivity contribution in [2.45, 2.75) is 66.0 Å². The Balaban J connectivity index is 1.92. The van der Waals surface area contributed by atoms with Gasteiger partial charge in [0, 0.05) is 0 Å². The highest BCUT2D eigenvalue weighted by Gasteiger charge is 2.28. The van der Waals surface area contributed by atoms with Gasteiger partial charge in [-0.15, -0.1) is 0 Å². The highest BCUT2D eigenvalue weighted by Crippen LogP contribution is 2.49. The van der Waals surface area contributed by atoms with Crippen LogP contribution in [-0.2, 0) is 34.4 Å². The van der Waals surface area contributed by atoms with Crippen LogP contribution in [0.15, 0.2) is 12.7 Å². The molecule has 2 aromatic rings. The lowest BCUT2D eigenvalue weighted by molar-refractivity contribution is -0.294. The quantitative estimate of drug-likeness (QED) is 0.343. The third kappa shape index (κ3) is 7.55. The van der Waals surface area contributed by atoms with Crippen LogP contribution in [0.3, 0.4) is 0 Å². The van der Waals surface area contributed by atoms with Gasteiger partial charge in [-0.3, -0.25) is 9.09 Å². The molecule has 30 heavy (non-hydrogen) atoms. The summed E-state index contributed by atoms with van der Waals surface area (Å²) in [6, 6.07) is 0. The lowest BCUT2D eigenvalue weighted by Gasteiger charge is -2.23. The largest absolute Gasteiger partial charge is 0.382 e. The monoisotopic (exact) mass is 447 g/mol. The second-order valence-electron chi connectivity index (χ2n) is 7.11. The maximum absolute atomic E-state index is 13.0. The number of fused-ring (bicyclic) bond motifs is 1. The van der Waals surface area contributed by atoms with Crippen molar-refractivity contribution in [2.24, 2.45) is 0 Å². The van der Waals surface area contributed by atoms with E-state index in [1.54, 1.807) is 45.5 Å². The molecule has 0 bridgehead atoms. The van der Waals surface area contributed by atoms with Crippen LogP contribution >= 0.6 is 7.60 Å². The smallest absolute Gasteiger partial charge is 0.358 e. The van der Waals surface area contributed by atoms with E-state index in [0.29, 0.717) is 23.5 Å². The van der Waals surface area contributed by atoms with Crippen molar-refractivity contribution < 1.29 is 32.9 Å². The number of nitrogens with two attached hydrogens (primary N) is 1. The molecule has 2 aromatic heterocycles. The van der Waals surface area contributed by atoms with Crippen LogP contribution in [0.2, 0.25) is 0 Å². The van der Waals surface area contributed by atoms with Gasteiger partial charge < -0.3 is 34.1 Å². The summed E-state index contributed by atoms with van der Waals surface area (Å²) in [7, 11) is -3.65. The zero-order valence-electron chi connectivity index (χ0n) is 17.8. The number of nitrogen functional groups attached to an aromatic ring is 1. The Morgan fingerprint density at radius 3 is 2.53 bits per heavy atom. The van der Waals surface area contributed by atoms with Crippen LogP contribution in [0, 0.1) is 0 Å². The van der Waals surface area contributed by atoms with E-state index in [1.165, 1.54) is 6.33 Å². The summed E-state index contributed by atoms with van der Waals surface area (Å²) in [5, 5.41) is 9.55. The molecule has 0 amide bonds. The molecular formula is C17H30N5O7P. The minimum absolute atomic E-state index is 0.247. The first kappa shape index (κ1) is 24.6. The second kappa shape index (κ2) is 11.1. The van der Waals surface area contributed by atoms with E-state index in [9.17, 15) is 9.67 Å². The SMILES string of the molecule is CC(C)OC(O)OCOP(=O)(COC(C)Cn1cnc2c(N)ncnc21)OC(C)C. The van der Waals surface area contributed by atoms with Crippen molar-refractivity contribution in [3.8, 4) is 0 Å². The number of imidazole rings is 1. The standard InChI is InChI=1S/C17H30N5O7P/c1-11(2)28-17(23)25-9-27-30(24,29-12(3)4)10-26-13(5)6-22-8-21-14-15(18)19-7-20-16(14)22/h7-8,11-13,17,23H,6,9-10H2,1-5H3,(H2,18,19,20). The molecule has 170 valence electrons. The summed E-state index contributed by atoms with van der Waals surface area (Å²) in [5.41, 5.74) is 6.86. The number of anilines is 1. The predicted octanol–water partition coefficient (Wildman–Crippen LogP) is 2.08. The summed E-state index contributed by atoms with van der Waals surface area (Å²) < 4.78 is 41.1. The van der Waals surface area contributed by atoms with Gasteiger partial charge in [-0.25, -0.2) is 15.0 Å². The summed E-state index contributed by atoms with van der Waals surface area (Å²) in [4.78, 5) is 12.3. The first-order valence-electron chi connectivity index (χ1n) is 9.49. The van der Waals surface area contributed by atoms with Crippen LogP contribution in [0.5, 0.6) is 0 Å². The molecule has 2 rings (SSSR count). The maximum Gasteiger partial charge on any atom is 0.358 e. The molecule has 2 heterocycles. The second-order valence-corrected chi connectivity index (χ2v) is 9.05. The number of ether oxygens (including phenoxy) is 3. The number of hydrogen-bond acceptors (Lipinski definition) is 11. The van der Waals surface area contributed by atoms with E-state index in [2.05, 4.69) is 15.0 Å². The highest BCUT2D eigenvalue weighted by molar-refractivity contribution is 7.53. The minimum Gasteiger partial charge on any atom is -0.382 e. The molecule has 13 heteroatoms. The van der Waals surface area contributed by atoms with Crippen LogP contribution in [0.1, 0.15) is 34.6 Å². The summed E-state index contributed by atoms with van der Waals surface area (Å²) in [5.74, 6) is 0.291. The Labute approximate surface area is 175 Å². The van der Waals surface area contributed by atoms with E-state index < -0.39 is 20.9 Å². The minimum atomic E-state index is -3.65. The molecule has 0 fully saturated rings. The topological polar surface area (TPSA) is 153 Å². The normalized spacial score (nSPS) is 16.3. The molecule has 12 nitrogen and oxygen atoms in total. The first-order chi connectivity index (χ1) is 14.1. The van der Waals surface area contributed by atoms with Crippen molar-refractivity contribution in [2.75, 3.05) is 18.9 Å². The van der Waals surface area contributed by atoms with Crippen LogP contribution in [-0.4, -0.2) is 62.6 Å². The van der Waals surface area contributed by atoms with Crippen molar-refractivity contribution in [3.05, 3.63) is 12.7 Å². The lowest BCUT2D eigenvalue weighted by Crippen LogP contribution is -2.23. The van der Waals surface area contributed by atoms with Gasteiger partial charge in [-0.05, 0) is 34.6 Å². The predicted molar refractivity (Wildman–Crippen MR) is 108 cm³/mol. The molecule has 0 radical (unpaired) electrons. The average Bonchev–Trinajstić information content (AvgIpc) is 3.03. The third-order valence-electron chi connectivity index (χ3n) is 3.62. The number of aliphatic hydroxyl groups excluding tert-OH is 1. The van der Waals surface area contributed by atoms with Gasteiger partial charge in [-0.1, -0.05) is 0 Å². The number of nitrogens with zero attached hydrogens (tertiary/aromatic N) is 4. The van der Waals surface area contributed by atoms with Crippen molar-refractivity contribution in [3.63, 3.8) is 0 Å². The fraction of sp³-hybridized carbons (Fsp3) is 0.706. The van der Waals surface area contributed by atoms with Gasteiger partial charge in [0.05, 0.1) is 31.2 Å². The van der Waals surface area contributed by atoms with Crippen molar-refractivity contribution in [1.82, 2.24) is 19.5 Å². The van der Waals surface area contributed by atoms with Crippen LogP contribution < -0.4 is 5.73 Å². The lowest BCUT2D eigenvalue weighted by atomic mass is 10.4. The summed E-state index contributed by atoms with van der Waals surface area (Å²) >= 11 is 0. The number of hydrogen-bond donors (Lipinski definition) is 2. The van der Waals surface area contributed by atoms with E-state index in [4.69, 9.17) is 29.0 Å². The zero-order chi connectivity index (χ0) is 22.3. The Hall–Kier alpha value is -1.66. The molecule has 0 saturated carbocycles. The molecule has 0 saturated heterocycles. The number of aliphatic hydroxyl groups is 1. The van der Waals surface area contributed by atoms with Gasteiger partial charge in [-0.2, -0.15) is 0 Å². The Kier molecular flexibility index (Phi) is 9.10. The molecule has 0 aliphatic rings. The fourth-order valence-electron chi connectivity index (χ4n) is 2.44. The van der Waals surface area contributed by atoms with Gasteiger partial charge in [0.2, 0.25) is 0 Å². The average molecular weight is 447 g/mol. The van der Waals surface area contributed by atoms with E-state index in [-0.39, 0.29) is 24.7 Å². The van der Waals surface area contributed by atoms with Crippen molar-refractivity contribution in [1.29, 1.82) is 0 Å². The third-order valence-corrected chi connectivity index (χ3v) is 5.33. The maximum atomic E-state index is 13.0. The summed E-state index contributed by atoms with van der Waals surface area (Å²) in [6.07, 6.45) is 1.65. The van der Waals surface area contributed by atoms with Crippen LogP contribution in [0.25, 0.3) is 11.2 Å².